The standard InChI is InChI=1S/C15H30N2O2/c1-11(2)12(3)17(5)10-8-13-7-6-9-15(13,16-4)14(18)19/h11-13,16H,6-10H2,1-5H3,(H,18,19). The Hall–Kier alpha value is -0.610. The van der Waals surface area contributed by atoms with Gasteiger partial charge in [0, 0.05) is 6.04 Å². The van der Waals surface area contributed by atoms with Crippen LogP contribution >= 0.6 is 0 Å². The number of carboxylic acid groups (broad SMARTS) is 1. The molecule has 1 saturated carbocycles. The number of carbonyl (C=O) groups is 1. The zero-order valence-electron chi connectivity index (χ0n) is 13.1. The van der Waals surface area contributed by atoms with Gasteiger partial charge in [-0.3, -0.25) is 4.79 Å². The van der Waals surface area contributed by atoms with Crippen molar-refractivity contribution in [1.29, 1.82) is 0 Å². The van der Waals surface area contributed by atoms with Crippen LogP contribution in [0, 0.1) is 11.8 Å². The first-order valence-electron chi connectivity index (χ1n) is 7.47. The van der Waals surface area contributed by atoms with Gasteiger partial charge in [-0.2, -0.15) is 0 Å². The van der Waals surface area contributed by atoms with Gasteiger partial charge in [-0.05, 0) is 58.7 Å². The van der Waals surface area contributed by atoms with Gasteiger partial charge in [-0.1, -0.05) is 20.3 Å². The molecule has 2 N–H and O–H groups in total. The van der Waals surface area contributed by atoms with E-state index in [9.17, 15) is 9.90 Å². The Bertz CT molecular complexity index is 307. The Labute approximate surface area is 117 Å². The van der Waals surface area contributed by atoms with Crippen molar-refractivity contribution in [2.24, 2.45) is 11.8 Å². The molecule has 0 amide bonds. The molecule has 19 heavy (non-hydrogen) atoms. The molecule has 1 aliphatic rings. The minimum Gasteiger partial charge on any atom is -0.480 e. The van der Waals surface area contributed by atoms with E-state index < -0.39 is 11.5 Å². The summed E-state index contributed by atoms with van der Waals surface area (Å²) in [4.78, 5) is 13.9. The Morgan fingerprint density at radius 1 is 1.47 bits per heavy atom. The lowest BCUT2D eigenvalue weighted by Gasteiger charge is -2.34. The Morgan fingerprint density at radius 2 is 2.11 bits per heavy atom. The zero-order chi connectivity index (χ0) is 14.6. The number of hydrogen-bond donors (Lipinski definition) is 2. The lowest BCUT2D eigenvalue weighted by atomic mass is 9.84. The van der Waals surface area contributed by atoms with E-state index in [-0.39, 0.29) is 5.92 Å². The van der Waals surface area contributed by atoms with Crippen molar-refractivity contribution in [3.8, 4) is 0 Å². The van der Waals surface area contributed by atoms with Gasteiger partial charge in [0.25, 0.3) is 0 Å². The number of likely N-dealkylation sites (N-methyl/N-ethyl adjacent to an activating group) is 1. The molecule has 0 radical (unpaired) electrons. The van der Waals surface area contributed by atoms with Crippen LogP contribution in [0.1, 0.15) is 46.5 Å². The first-order chi connectivity index (χ1) is 8.85. The first kappa shape index (κ1) is 16.4. The van der Waals surface area contributed by atoms with Gasteiger partial charge in [0.2, 0.25) is 0 Å². The molecule has 3 unspecified atom stereocenters. The van der Waals surface area contributed by atoms with Crippen LogP contribution in [0.25, 0.3) is 0 Å². The van der Waals surface area contributed by atoms with E-state index in [1.54, 1.807) is 7.05 Å². The number of hydrogen-bond acceptors (Lipinski definition) is 3. The topological polar surface area (TPSA) is 52.6 Å². The molecule has 0 aromatic carbocycles. The smallest absolute Gasteiger partial charge is 0.324 e. The van der Waals surface area contributed by atoms with Crippen molar-refractivity contribution in [2.75, 3.05) is 20.6 Å². The van der Waals surface area contributed by atoms with E-state index in [1.807, 2.05) is 0 Å². The summed E-state index contributed by atoms with van der Waals surface area (Å²) >= 11 is 0. The predicted octanol–water partition coefficient (Wildman–Crippen LogP) is 2.20. The van der Waals surface area contributed by atoms with Crippen molar-refractivity contribution in [1.82, 2.24) is 10.2 Å². The number of rotatable bonds is 7. The van der Waals surface area contributed by atoms with E-state index in [0.717, 1.165) is 32.2 Å². The second-order valence-corrected chi connectivity index (χ2v) is 6.37. The highest BCUT2D eigenvalue weighted by Gasteiger charge is 2.47. The van der Waals surface area contributed by atoms with Crippen LogP contribution in [-0.4, -0.2) is 48.2 Å². The summed E-state index contributed by atoms with van der Waals surface area (Å²) in [6, 6.07) is 0.537. The zero-order valence-corrected chi connectivity index (χ0v) is 13.1. The largest absolute Gasteiger partial charge is 0.480 e. The first-order valence-corrected chi connectivity index (χ1v) is 7.47. The quantitative estimate of drug-likeness (QED) is 0.744. The van der Waals surface area contributed by atoms with Crippen LogP contribution in [0.2, 0.25) is 0 Å². The molecule has 1 fully saturated rings. The van der Waals surface area contributed by atoms with Gasteiger partial charge >= 0.3 is 5.97 Å². The highest BCUT2D eigenvalue weighted by Crippen LogP contribution is 2.38. The third kappa shape index (κ3) is 3.48. The highest BCUT2D eigenvalue weighted by molar-refractivity contribution is 5.79. The summed E-state index contributed by atoms with van der Waals surface area (Å²) in [5, 5.41) is 12.6. The van der Waals surface area contributed by atoms with E-state index in [4.69, 9.17) is 0 Å². The van der Waals surface area contributed by atoms with Crippen molar-refractivity contribution in [3.05, 3.63) is 0 Å². The maximum Gasteiger partial charge on any atom is 0.324 e. The van der Waals surface area contributed by atoms with Gasteiger partial charge < -0.3 is 15.3 Å². The summed E-state index contributed by atoms with van der Waals surface area (Å²) in [7, 11) is 3.92. The lowest BCUT2D eigenvalue weighted by molar-refractivity contribution is -0.146. The molecule has 0 aromatic rings. The third-order valence-corrected chi connectivity index (χ3v) is 5.14. The van der Waals surface area contributed by atoms with Gasteiger partial charge in [-0.15, -0.1) is 0 Å². The van der Waals surface area contributed by atoms with Crippen LogP contribution in [-0.2, 0) is 4.79 Å². The average molecular weight is 270 g/mol. The van der Waals surface area contributed by atoms with Crippen LogP contribution in [0.5, 0.6) is 0 Å². The van der Waals surface area contributed by atoms with Crippen LogP contribution in [0.3, 0.4) is 0 Å². The predicted molar refractivity (Wildman–Crippen MR) is 78.3 cm³/mol. The monoisotopic (exact) mass is 270 g/mol. The Balaban J connectivity index is 2.59. The minimum absolute atomic E-state index is 0.247. The van der Waals surface area contributed by atoms with Crippen LogP contribution < -0.4 is 5.32 Å². The molecule has 3 atom stereocenters. The SMILES string of the molecule is CNC1(C(=O)O)CCCC1CCN(C)C(C)C(C)C. The summed E-state index contributed by atoms with van der Waals surface area (Å²) in [5.41, 5.74) is -0.693. The van der Waals surface area contributed by atoms with Crippen molar-refractivity contribution in [3.63, 3.8) is 0 Å². The molecule has 0 bridgehead atoms. The van der Waals surface area contributed by atoms with E-state index in [0.29, 0.717) is 12.0 Å². The fraction of sp³-hybridized carbons (Fsp3) is 0.933. The molecule has 1 rings (SSSR count). The van der Waals surface area contributed by atoms with Crippen LogP contribution in [0.15, 0.2) is 0 Å². The van der Waals surface area contributed by atoms with Crippen LogP contribution in [0.4, 0.5) is 0 Å². The molecular weight excluding hydrogens is 240 g/mol. The normalized spacial score (nSPS) is 29.1. The highest BCUT2D eigenvalue weighted by atomic mass is 16.4. The fourth-order valence-electron chi connectivity index (χ4n) is 3.26. The molecule has 0 heterocycles. The third-order valence-electron chi connectivity index (χ3n) is 5.14. The van der Waals surface area contributed by atoms with Crippen molar-refractivity contribution >= 4 is 5.97 Å². The second kappa shape index (κ2) is 6.71. The van der Waals surface area contributed by atoms with Gasteiger partial charge in [0.05, 0.1) is 0 Å². The molecule has 1 aliphatic carbocycles. The minimum atomic E-state index is -0.693. The summed E-state index contributed by atoms with van der Waals surface area (Å²) in [6.07, 6.45) is 3.76. The van der Waals surface area contributed by atoms with E-state index in [2.05, 4.69) is 38.0 Å². The number of aliphatic carboxylic acids is 1. The molecule has 0 saturated heterocycles. The maximum atomic E-state index is 11.6. The molecule has 4 heteroatoms. The van der Waals surface area contributed by atoms with Crippen molar-refractivity contribution in [2.45, 2.75) is 58.0 Å². The number of nitrogens with zero attached hydrogens (tertiary/aromatic N) is 1. The van der Waals surface area contributed by atoms with Gasteiger partial charge in [0.1, 0.15) is 5.54 Å². The summed E-state index contributed by atoms with van der Waals surface area (Å²) < 4.78 is 0. The summed E-state index contributed by atoms with van der Waals surface area (Å²) in [5.74, 6) is 0.191. The van der Waals surface area contributed by atoms with Gasteiger partial charge in [0.15, 0.2) is 0 Å². The number of nitrogens with one attached hydrogen (secondary N) is 1. The number of carboxylic acids is 1. The Morgan fingerprint density at radius 3 is 2.58 bits per heavy atom. The lowest BCUT2D eigenvalue weighted by Crippen LogP contribution is -2.53. The van der Waals surface area contributed by atoms with Gasteiger partial charge in [-0.25, -0.2) is 0 Å². The molecule has 4 nitrogen and oxygen atoms in total. The van der Waals surface area contributed by atoms with Crippen molar-refractivity contribution < 1.29 is 9.90 Å². The second-order valence-electron chi connectivity index (χ2n) is 6.37. The maximum absolute atomic E-state index is 11.6. The van der Waals surface area contributed by atoms with E-state index >= 15 is 0 Å². The molecule has 0 aromatic heterocycles. The summed E-state index contributed by atoms with van der Waals surface area (Å²) in [6.45, 7) is 7.67. The molecule has 112 valence electrons. The Kier molecular flexibility index (Phi) is 5.81. The average Bonchev–Trinajstić information content (AvgIpc) is 2.78. The molecule has 0 spiro atoms. The fourth-order valence-corrected chi connectivity index (χ4v) is 3.26. The van der Waals surface area contributed by atoms with E-state index in [1.165, 1.54) is 0 Å². The molecule has 0 aliphatic heterocycles. The molecular formula is C15H30N2O2.